The SMILES string of the molecule is CCCCC/C=C\CCCC(CCC/C=C\CCCCC)C(CCC/C=C\CCCCC)OC(=O)CCCCBr.CCCCC/C=C\CCCC(CCC/C=C\CCCCC)C(CCC/C=C\CCCCC)OC(=O)CCCCN(C)C.CCCCC/C=C\CCCC(O)C(CCC/C=C\CCCCC)CCC/C=C\CCCCC.O=C(O)CCCCBr. The molecule has 0 rings (SSSR count). The molecule has 0 aliphatic heterocycles. The van der Waals surface area contributed by atoms with E-state index >= 15 is 0 Å². The average Bonchev–Trinajstić information content (AvgIpc) is 0.903. The third-order valence-electron chi connectivity index (χ3n) is 23.5. The van der Waals surface area contributed by atoms with Gasteiger partial charge in [0.15, 0.2) is 0 Å². The number of hydrogen-bond acceptors (Lipinski definition) is 7. The quantitative estimate of drug-likeness (QED) is 0.0268. The van der Waals surface area contributed by atoms with Crippen LogP contribution in [0.3, 0.4) is 0 Å². The lowest BCUT2D eigenvalue weighted by molar-refractivity contribution is -0.153. The van der Waals surface area contributed by atoms with Crippen LogP contribution in [-0.4, -0.2) is 82.6 Å². The Labute approximate surface area is 784 Å². The molecule has 0 bridgehead atoms. The molecule has 0 saturated carbocycles. The van der Waals surface area contributed by atoms with E-state index in [2.05, 4.69) is 223 Å². The smallest absolute Gasteiger partial charge is 0.306 e. The lowest BCUT2D eigenvalue weighted by Crippen LogP contribution is -2.27. The standard InChI is InChI=1S/C39H73NO2.C37H67BrO2.C32H60O.C5H9BrO2/c1-6-9-12-15-18-21-24-27-32-37(33-28-25-22-19-16-13-10-7-2)38(34-29-26-23-20-17-14-11-8-3)42-39(41)35-30-31-36-40(4)5;1-4-7-10-13-16-19-22-25-30-35(31-26-23-20-17-14-11-8-5-2)36(40-37(39)33-28-29-34-38)32-27-24-21-18-15-12-9-6-3;1-4-7-10-13-16-19-22-25-28-31(29-26-23-20-17-14-11-8-5-2)32(33)30-27-24-21-18-15-12-9-6-3;6-4-2-1-3-5(7)8/h18-23,37-38H,6-17,24-36H2,1-5H3;16-21,35-36H,4-15,22-34H2,1-3H3;16-21,31-33H,4-15,22-30H2,1-3H3;1-4H2,(H,7,8)/b21-18-,22-19-,23-20-;2*19-16-,20-17-,21-18-;. The Balaban J connectivity index is -0.000000829. The van der Waals surface area contributed by atoms with Crippen LogP contribution in [-0.2, 0) is 23.9 Å². The first-order chi connectivity index (χ1) is 60.3. The van der Waals surface area contributed by atoms with Crippen molar-refractivity contribution in [1.29, 1.82) is 0 Å². The number of carboxylic acid groups (broad SMARTS) is 1. The van der Waals surface area contributed by atoms with Crippen LogP contribution in [0.1, 0.15) is 525 Å². The highest BCUT2D eigenvalue weighted by Gasteiger charge is 2.26. The lowest BCUT2D eigenvalue weighted by Gasteiger charge is -2.27. The Morgan fingerprint density at radius 3 is 0.659 bits per heavy atom. The van der Waals surface area contributed by atoms with E-state index in [9.17, 15) is 19.5 Å². The summed E-state index contributed by atoms with van der Waals surface area (Å²) in [5, 5.41) is 20.9. The third kappa shape index (κ3) is 106. The fourth-order valence-corrected chi connectivity index (χ4v) is 16.3. The minimum atomic E-state index is -0.703. The maximum Gasteiger partial charge on any atom is 0.306 e. The minimum Gasteiger partial charge on any atom is -0.481 e. The van der Waals surface area contributed by atoms with Gasteiger partial charge in [-0.05, 0) is 366 Å². The van der Waals surface area contributed by atoms with Gasteiger partial charge in [-0.1, -0.05) is 319 Å². The number of ether oxygens (including phenoxy) is 2. The zero-order valence-corrected chi connectivity index (χ0v) is 86.7. The molecule has 0 aromatic heterocycles. The summed E-state index contributed by atoms with van der Waals surface area (Å²) in [6.07, 6.45) is 127. The predicted molar refractivity (Wildman–Crippen MR) is 556 cm³/mol. The number of allylic oxidation sites excluding steroid dienone is 18. The minimum absolute atomic E-state index is 0.0118. The van der Waals surface area contributed by atoms with Crippen LogP contribution in [0.25, 0.3) is 0 Å². The van der Waals surface area contributed by atoms with Gasteiger partial charge in [0.2, 0.25) is 0 Å². The highest BCUT2D eigenvalue weighted by atomic mass is 79.9. The molecular formula is C113H209Br2NO7. The van der Waals surface area contributed by atoms with Crippen molar-refractivity contribution in [3.8, 4) is 0 Å². The molecular weight excluding hydrogens is 1640 g/mol. The highest BCUT2D eigenvalue weighted by Crippen LogP contribution is 2.31. The number of aliphatic carboxylic acids is 1. The number of hydrogen-bond donors (Lipinski definition) is 2. The molecule has 0 aromatic carbocycles. The van der Waals surface area contributed by atoms with E-state index in [4.69, 9.17) is 14.6 Å². The molecule has 10 heteroatoms. The third-order valence-corrected chi connectivity index (χ3v) is 24.6. The molecule has 0 heterocycles. The first-order valence-corrected chi connectivity index (χ1v) is 55.4. The van der Waals surface area contributed by atoms with Gasteiger partial charge in [-0.2, -0.15) is 0 Å². The summed E-state index contributed by atoms with van der Waals surface area (Å²) in [4.78, 5) is 37.8. The molecule has 0 amide bonds. The Hall–Kier alpha value is -3.05. The molecule has 0 saturated heterocycles. The average molecular weight is 1850 g/mol. The van der Waals surface area contributed by atoms with Gasteiger partial charge in [-0.3, -0.25) is 14.4 Å². The maximum atomic E-state index is 13.0. The summed E-state index contributed by atoms with van der Waals surface area (Å²) in [6, 6.07) is 0. The van der Waals surface area contributed by atoms with Crippen molar-refractivity contribution >= 4 is 49.8 Å². The number of aliphatic hydroxyl groups is 1. The van der Waals surface area contributed by atoms with E-state index in [1.807, 2.05) is 0 Å². The van der Waals surface area contributed by atoms with Gasteiger partial charge < -0.3 is 24.6 Å². The second kappa shape index (κ2) is 111. The number of nitrogens with zero attached hydrogens (tertiary/aromatic N) is 1. The molecule has 0 spiro atoms. The highest BCUT2D eigenvalue weighted by molar-refractivity contribution is 9.09. The van der Waals surface area contributed by atoms with Crippen molar-refractivity contribution in [2.45, 2.75) is 543 Å². The number of unbranched alkanes of at least 4 members (excludes halogenated alkanes) is 39. The van der Waals surface area contributed by atoms with Crippen molar-refractivity contribution < 1.29 is 34.1 Å². The van der Waals surface area contributed by atoms with Crippen molar-refractivity contribution in [2.24, 2.45) is 17.8 Å². The van der Waals surface area contributed by atoms with Gasteiger partial charge in [-0.25, -0.2) is 0 Å². The Morgan fingerprint density at radius 2 is 0.447 bits per heavy atom. The van der Waals surface area contributed by atoms with E-state index in [0.717, 1.165) is 165 Å². The molecule has 123 heavy (non-hydrogen) atoms. The zero-order chi connectivity index (χ0) is 90.9. The van der Waals surface area contributed by atoms with Gasteiger partial charge >= 0.3 is 17.9 Å². The van der Waals surface area contributed by atoms with Crippen LogP contribution >= 0.6 is 31.9 Å². The van der Waals surface area contributed by atoms with Gasteiger partial charge in [0.05, 0.1) is 6.10 Å². The van der Waals surface area contributed by atoms with Crippen LogP contribution < -0.4 is 0 Å². The van der Waals surface area contributed by atoms with E-state index in [1.54, 1.807) is 0 Å². The summed E-state index contributed by atoms with van der Waals surface area (Å²) in [6.45, 7) is 21.4. The van der Waals surface area contributed by atoms with Crippen LogP contribution in [0.5, 0.6) is 0 Å². The summed E-state index contributed by atoms with van der Waals surface area (Å²) in [7, 11) is 4.19. The molecule has 0 aliphatic rings. The molecule has 3 unspecified atom stereocenters. The fourth-order valence-electron chi connectivity index (χ4n) is 15.5. The number of alkyl halides is 2. The van der Waals surface area contributed by atoms with Crippen LogP contribution in [0.4, 0.5) is 0 Å². The second-order valence-corrected chi connectivity index (χ2v) is 37.5. The van der Waals surface area contributed by atoms with E-state index < -0.39 is 5.97 Å². The zero-order valence-electron chi connectivity index (χ0n) is 83.5. The monoisotopic (exact) mass is 1850 g/mol. The maximum absolute atomic E-state index is 13.0. The van der Waals surface area contributed by atoms with Crippen molar-refractivity contribution in [1.82, 2.24) is 4.90 Å². The number of halogens is 2. The summed E-state index contributed by atoms with van der Waals surface area (Å²) in [5.74, 6) is 0.733. The van der Waals surface area contributed by atoms with Crippen molar-refractivity contribution in [3.63, 3.8) is 0 Å². The molecule has 3 atom stereocenters. The molecule has 0 aromatic rings. The van der Waals surface area contributed by atoms with Crippen LogP contribution in [0, 0.1) is 17.8 Å². The fraction of sp³-hybridized carbons (Fsp3) is 0.814. The number of carboxylic acids is 1. The largest absolute Gasteiger partial charge is 0.481 e. The van der Waals surface area contributed by atoms with E-state index in [0.29, 0.717) is 37.0 Å². The number of aliphatic hydroxyl groups excluding tert-OH is 1. The van der Waals surface area contributed by atoms with Gasteiger partial charge in [0.1, 0.15) is 12.2 Å². The number of carbonyl (C=O) groups excluding carboxylic acids is 2. The molecule has 0 fully saturated rings. The van der Waals surface area contributed by atoms with Gasteiger partial charge in [-0.15, -0.1) is 0 Å². The number of carbonyl (C=O) groups is 3. The van der Waals surface area contributed by atoms with Crippen molar-refractivity contribution in [2.75, 3.05) is 31.3 Å². The first kappa shape index (κ1) is 126. The topological polar surface area (TPSA) is 113 Å². The van der Waals surface area contributed by atoms with E-state index in [-0.39, 0.29) is 30.3 Å². The molecule has 722 valence electrons. The van der Waals surface area contributed by atoms with Crippen molar-refractivity contribution in [3.05, 3.63) is 109 Å². The second-order valence-electron chi connectivity index (χ2n) is 35.9. The molecule has 0 radical (unpaired) electrons. The van der Waals surface area contributed by atoms with E-state index in [1.165, 1.54) is 295 Å². The predicted octanol–water partition coefficient (Wildman–Crippen LogP) is 37.7. The summed E-state index contributed by atoms with van der Waals surface area (Å²) < 4.78 is 12.6. The molecule has 8 nitrogen and oxygen atoms in total. The number of esters is 2. The lowest BCUT2D eigenvalue weighted by atomic mass is 9.87. The normalized spacial score (nSPS) is 12.8. The summed E-state index contributed by atoms with van der Waals surface area (Å²) in [5.41, 5.74) is 0. The van der Waals surface area contributed by atoms with Gasteiger partial charge in [0.25, 0.3) is 0 Å². The molecule has 2 N–H and O–H groups in total. The van der Waals surface area contributed by atoms with Crippen LogP contribution in [0.2, 0.25) is 0 Å². The number of rotatable bonds is 90. The summed E-state index contributed by atoms with van der Waals surface area (Å²) >= 11 is 6.70. The Kier molecular flexibility index (Phi) is 114. The Morgan fingerprint density at radius 1 is 0.252 bits per heavy atom. The Bertz CT molecular complexity index is 2290. The van der Waals surface area contributed by atoms with Crippen LogP contribution in [0.15, 0.2) is 109 Å². The van der Waals surface area contributed by atoms with Gasteiger partial charge in [0, 0.05) is 29.9 Å². The molecule has 0 aliphatic carbocycles. The first-order valence-electron chi connectivity index (χ1n) is 53.2.